The summed E-state index contributed by atoms with van der Waals surface area (Å²) in [6.07, 6.45) is 4.35. The van der Waals surface area contributed by atoms with Crippen molar-refractivity contribution in [3.05, 3.63) is 29.8 Å². The minimum atomic E-state index is -0.708. The Balaban J connectivity index is 1.65. The Kier molecular flexibility index (Phi) is 6.90. The molecule has 0 bridgehead atoms. The van der Waals surface area contributed by atoms with Gasteiger partial charge in [0, 0.05) is 31.6 Å². The molecular formula is C23H31N3O4. The summed E-state index contributed by atoms with van der Waals surface area (Å²) in [5, 5.41) is 5.40. The first-order chi connectivity index (χ1) is 14.4. The van der Waals surface area contributed by atoms with Crippen LogP contribution in [-0.2, 0) is 24.6 Å². The van der Waals surface area contributed by atoms with E-state index in [4.69, 9.17) is 0 Å². The first-order valence-electron chi connectivity index (χ1n) is 10.9. The van der Waals surface area contributed by atoms with Crippen molar-refractivity contribution in [3.8, 4) is 0 Å². The molecule has 2 unspecified atom stereocenters. The minimum absolute atomic E-state index is 0.0806. The van der Waals surface area contributed by atoms with E-state index in [1.54, 1.807) is 17.0 Å². The maximum absolute atomic E-state index is 12.7. The van der Waals surface area contributed by atoms with Crippen molar-refractivity contribution in [2.24, 2.45) is 5.92 Å². The fourth-order valence-electron chi connectivity index (χ4n) is 4.47. The number of rotatable bonds is 6. The topological polar surface area (TPSA) is 95.6 Å². The highest BCUT2D eigenvalue weighted by Crippen LogP contribution is 2.36. The molecule has 1 aromatic rings. The van der Waals surface area contributed by atoms with E-state index >= 15 is 0 Å². The van der Waals surface area contributed by atoms with Gasteiger partial charge in [-0.1, -0.05) is 26.0 Å². The van der Waals surface area contributed by atoms with Gasteiger partial charge < -0.3 is 10.2 Å². The number of likely N-dealkylation sites (tertiary alicyclic amines) is 1. The molecule has 0 saturated carbocycles. The highest BCUT2D eigenvalue weighted by Gasteiger charge is 2.42. The zero-order valence-corrected chi connectivity index (χ0v) is 17.8. The van der Waals surface area contributed by atoms with E-state index < -0.39 is 5.41 Å². The smallest absolute Gasteiger partial charge is 0.237 e. The van der Waals surface area contributed by atoms with Gasteiger partial charge in [-0.15, -0.1) is 0 Å². The molecule has 0 aliphatic carbocycles. The third kappa shape index (κ3) is 4.55. The second-order valence-corrected chi connectivity index (χ2v) is 8.31. The highest BCUT2D eigenvalue weighted by molar-refractivity contribution is 6.03. The molecule has 2 saturated heterocycles. The number of nitrogens with one attached hydrogen (secondary N) is 2. The first kappa shape index (κ1) is 22.0. The number of amides is 4. The summed E-state index contributed by atoms with van der Waals surface area (Å²) >= 11 is 0. The molecule has 0 radical (unpaired) electrons. The van der Waals surface area contributed by atoms with Crippen molar-refractivity contribution in [3.63, 3.8) is 0 Å². The van der Waals surface area contributed by atoms with Gasteiger partial charge in [0.25, 0.3) is 0 Å². The van der Waals surface area contributed by atoms with E-state index in [9.17, 15) is 19.2 Å². The van der Waals surface area contributed by atoms with Gasteiger partial charge in [-0.3, -0.25) is 24.5 Å². The molecule has 2 atom stereocenters. The summed E-state index contributed by atoms with van der Waals surface area (Å²) in [6, 6.07) is 7.31. The van der Waals surface area contributed by atoms with Crippen LogP contribution < -0.4 is 10.6 Å². The van der Waals surface area contributed by atoms with Gasteiger partial charge >= 0.3 is 0 Å². The molecule has 4 amide bonds. The van der Waals surface area contributed by atoms with Crippen molar-refractivity contribution in [2.75, 3.05) is 18.4 Å². The van der Waals surface area contributed by atoms with E-state index in [1.165, 1.54) is 0 Å². The Morgan fingerprint density at radius 3 is 2.57 bits per heavy atom. The van der Waals surface area contributed by atoms with Gasteiger partial charge in [0.1, 0.15) is 0 Å². The van der Waals surface area contributed by atoms with Crippen LogP contribution in [0, 0.1) is 5.92 Å². The van der Waals surface area contributed by atoms with E-state index in [-0.39, 0.29) is 29.5 Å². The molecule has 2 heterocycles. The number of piperidine rings is 2. The van der Waals surface area contributed by atoms with Crippen molar-refractivity contribution < 1.29 is 19.2 Å². The van der Waals surface area contributed by atoms with Crippen LogP contribution in [0.4, 0.5) is 5.69 Å². The quantitative estimate of drug-likeness (QED) is 0.701. The number of carbonyl (C=O) groups is 4. The Hall–Kier alpha value is -2.70. The average Bonchev–Trinajstić information content (AvgIpc) is 2.75. The summed E-state index contributed by atoms with van der Waals surface area (Å²) in [4.78, 5) is 50.8. The molecule has 162 valence electrons. The average molecular weight is 414 g/mol. The van der Waals surface area contributed by atoms with E-state index in [1.807, 2.05) is 26.0 Å². The zero-order valence-electron chi connectivity index (χ0n) is 17.8. The van der Waals surface area contributed by atoms with Crippen LogP contribution >= 0.6 is 0 Å². The Morgan fingerprint density at radius 2 is 1.93 bits per heavy atom. The standard InChI is InChI=1S/C23H31N3O4/c1-3-6-20(28)26-14-5-7-16(15-26)21(29)24-18-10-8-17(9-11-18)23(4-2)13-12-19(27)25-22(23)30/h8-11,16H,3-7,12-15H2,1-2H3,(H,24,29)(H,25,27,30). The van der Waals surface area contributed by atoms with Crippen LogP contribution in [0.2, 0.25) is 0 Å². The number of hydrogen-bond donors (Lipinski definition) is 2. The molecule has 1 aromatic carbocycles. The van der Waals surface area contributed by atoms with Gasteiger partial charge in [-0.05, 0) is 49.8 Å². The molecule has 2 N–H and O–H groups in total. The zero-order chi connectivity index (χ0) is 21.7. The lowest BCUT2D eigenvalue weighted by molar-refractivity contribution is -0.138. The third-order valence-corrected chi connectivity index (χ3v) is 6.38. The molecular weight excluding hydrogens is 382 g/mol. The highest BCUT2D eigenvalue weighted by atomic mass is 16.2. The van der Waals surface area contributed by atoms with Gasteiger partial charge in [-0.2, -0.15) is 0 Å². The van der Waals surface area contributed by atoms with Gasteiger partial charge in [0.2, 0.25) is 23.6 Å². The molecule has 0 spiro atoms. The first-order valence-corrected chi connectivity index (χ1v) is 10.9. The molecule has 30 heavy (non-hydrogen) atoms. The van der Waals surface area contributed by atoms with Crippen LogP contribution in [0.25, 0.3) is 0 Å². The van der Waals surface area contributed by atoms with Crippen molar-refractivity contribution in [1.29, 1.82) is 0 Å². The number of nitrogens with zero attached hydrogens (tertiary/aromatic N) is 1. The van der Waals surface area contributed by atoms with Crippen LogP contribution in [-0.4, -0.2) is 41.6 Å². The second kappa shape index (κ2) is 9.41. The lowest BCUT2D eigenvalue weighted by Gasteiger charge is -2.35. The molecule has 2 fully saturated rings. The summed E-state index contributed by atoms with van der Waals surface area (Å²) in [6.45, 7) is 5.11. The molecule has 7 heteroatoms. The second-order valence-electron chi connectivity index (χ2n) is 8.31. The van der Waals surface area contributed by atoms with E-state index in [2.05, 4.69) is 10.6 Å². The normalized spacial score (nSPS) is 24.3. The Bertz CT molecular complexity index is 820. The van der Waals surface area contributed by atoms with Crippen LogP contribution in [0.5, 0.6) is 0 Å². The van der Waals surface area contributed by atoms with Crippen molar-refractivity contribution in [1.82, 2.24) is 10.2 Å². The fraction of sp³-hybridized carbons (Fsp3) is 0.565. The number of carbonyl (C=O) groups excluding carboxylic acids is 4. The van der Waals surface area contributed by atoms with Gasteiger partial charge in [0.05, 0.1) is 11.3 Å². The lowest BCUT2D eigenvalue weighted by atomic mass is 9.72. The van der Waals surface area contributed by atoms with Crippen LogP contribution in [0.1, 0.15) is 64.4 Å². The van der Waals surface area contributed by atoms with Crippen LogP contribution in [0.15, 0.2) is 24.3 Å². The van der Waals surface area contributed by atoms with E-state index in [0.717, 1.165) is 31.4 Å². The Labute approximate surface area is 177 Å². The van der Waals surface area contributed by atoms with Gasteiger partial charge in [-0.25, -0.2) is 0 Å². The molecule has 2 aliphatic heterocycles. The number of hydrogen-bond acceptors (Lipinski definition) is 4. The predicted octanol–water partition coefficient (Wildman–Crippen LogP) is 2.75. The van der Waals surface area contributed by atoms with Crippen molar-refractivity contribution >= 4 is 29.3 Å². The summed E-state index contributed by atoms with van der Waals surface area (Å²) < 4.78 is 0. The fourth-order valence-corrected chi connectivity index (χ4v) is 4.47. The predicted molar refractivity (Wildman–Crippen MR) is 114 cm³/mol. The molecule has 0 aromatic heterocycles. The summed E-state index contributed by atoms with van der Waals surface area (Å²) in [5.74, 6) is -0.656. The maximum Gasteiger partial charge on any atom is 0.237 e. The Morgan fingerprint density at radius 1 is 1.20 bits per heavy atom. The van der Waals surface area contributed by atoms with Gasteiger partial charge in [0.15, 0.2) is 0 Å². The largest absolute Gasteiger partial charge is 0.342 e. The summed E-state index contributed by atoms with van der Waals surface area (Å²) in [7, 11) is 0. The lowest BCUT2D eigenvalue weighted by Crippen LogP contribution is -2.51. The third-order valence-electron chi connectivity index (χ3n) is 6.38. The monoisotopic (exact) mass is 413 g/mol. The number of anilines is 1. The number of imide groups is 1. The minimum Gasteiger partial charge on any atom is -0.342 e. The van der Waals surface area contributed by atoms with Crippen LogP contribution in [0.3, 0.4) is 0 Å². The molecule has 2 aliphatic rings. The molecule has 3 rings (SSSR count). The SMILES string of the molecule is CCCC(=O)N1CCCC(C(=O)Nc2ccc(C3(CC)CCC(=O)NC3=O)cc2)C1. The number of benzene rings is 1. The summed E-state index contributed by atoms with van der Waals surface area (Å²) in [5.41, 5.74) is 0.807. The van der Waals surface area contributed by atoms with E-state index in [0.29, 0.717) is 37.9 Å². The van der Waals surface area contributed by atoms with Crippen molar-refractivity contribution in [2.45, 2.75) is 64.2 Å². The molecule has 7 nitrogen and oxygen atoms in total. The maximum atomic E-state index is 12.7.